The van der Waals surface area contributed by atoms with Crippen LogP contribution in [0.3, 0.4) is 0 Å². The lowest BCUT2D eigenvalue weighted by Crippen LogP contribution is -2.21. The fourth-order valence-electron chi connectivity index (χ4n) is 1.51. The smallest absolute Gasteiger partial charge is 0.275 e. The van der Waals surface area contributed by atoms with Crippen LogP contribution in [0.4, 0.5) is 0 Å². The maximum Gasteiger partial charge on any atom is 0.275 e. The number of benzene rings is 1. The first-order valence-corrected chi connectivity index (χ1v) is 5.32. The Hall–Kier alpha value is -2.10. The molecule has 1 aromatic heterocycles. The van der Waals surface area contributed by atoms with Crippen LogP contribution < -0.4 is 0 Å². The highest BCUT2D eigenvalue weighted by atomic mass is 16.3. The zero-order chi connectivity index (χ0) is 12.4. The maximum absolute atomic E-state index is 11.7. The summed E-state index contributed by atoms with van der Waals surface area (Å²) in [6.07, 6.45) is 1.39. The summed E-state index contributed by atoms with van der Waals surface area (Å²) in [7, 11) is 3.37. The van der Waals surface area contributed by atoms with E-state index in [0.717, 1.165) is 11.1 Å². The number of aromatic nitrogens is 1. The second-order valence-corrected chi connectivity index (χ2v) is 4.11. The highest BCUT2D eigenvalue weighted by Gasteiger charge is 2.14. The number of hydrogen-bond donors (Lipinski definition) is 0. The zero-order valence-electron chi connectivity index (χ0n) is 10.1. The molecule has 0 aliphatic carbocycles. The van der Waals surface area contributed by atoms with Crippen LogP contribution in [-0.4, -0.2) is 29.9 Å². The fourth-order valence-corrected chi connectivity index (χ4v) is 1.51. The van der Waals surface area contributed by atoms with Crippen molar-refractivity contribution in [2.24, 2.45) is 0 Å². The van der Waals surface area contributed by atoms with Crippen molar-refractivity contribution < 1.29 is 9.21 Å². The molecule has 88 valence electrons. The van der Waals surface area contributed by atoms with Crippen LogP contribution in [0, 0.1) is 6.92 Å². The fraction of sp³-hybridized carbons (Fsp3) is 0.231. The van der Waals surface area contributed by atoms with E-state index in [4.69, 9.17) is 4.42 Å². The second kappa shape index (κ2) is 4.41. The Balaban J connectivity index is 2.33. The molecule has 4 nitrogen and oxygen atoms in total. The van der Waals surface area contributed by atoms with Crippen molar-refractivity contribution in [2.75, 3.05) is 14.1 Å². The second-order valence-electron chi connectivity index (χ2n) is 4.11. The van der Waals surface area contributed by atoms with Gasteiger partial charge >= 0.3 is 0 Å². The minimum Gasteiger partial charge on any atom is -0.444 e. The average Bonchev–Trinajstić information content (AvgIpc) is 2.77. The van der Waals surface area contributed by atoms with E-state index in [2.05, 4.69) is 4.98 Å². The summed E-state index contributed by atoms with van der Waals surface area (Å²) in [5.41, 5.74) is 2.33. The Labute approximate surface area is 99.9 Å². The summed E-state index contributed by atoms with van der Waals surface area (Å²) in [4.78, 5) is 17.3. The van der Waals surface area contributed by atoms with Gasteiger partial charge in [-0.2, -0.15) is 0 Å². The molecule has 0 saturated heterocycles. The molecule has 0 spiro atoms. The minimum absolute atomic E-state index is 0.160. The van der Waals surface area contributed by atoms with Gasteiger partial charge in [0.25, 0.3) is 5.91 Å². The first-order chi connectivity index (χ1) is 8.08. The van der Waals surface area contributed by atoms with Crippen molar-refractivity contribution >= 4 is 5.91 Å². The maximum atomic E-state index is 11.7. The Kier molecular flexibility index (Phi) is 2.95. The predicted molar refractivity (Wildman–Crippen MR) is 64.7 cm³/mol. The molecule has 0 fully saturated rings. The summed E-state index contributed by atoms with van der Waals surface area (Å²) >= 11 is 0. The largest absolute Gasteiger partial charge is 0.444 e. The number of oxazole rings is 1. The summed E-state index contributed by atoms with van der Waals surface area (Å²) in [6, 6.07) is 7.80. The molecule has 2 rings (SSSR count). The first-order valence-electron chi connectivity index (χ1n) is 5.32. The van der Waals surface area contributed by atoms with Crippen molar-refractivity contribution in [1.82, 2.24) is 9.88 Å². The first kappa shape index (κ1) is 11.4. The lowest BCUT2D eigenvalue weighted by Gasteiger charge is -2.05. The molecule has 0 saturated carbocycles. The van der Waals surface area contributed by atoms with E-state index in [1.165, 1.54) is 11.2 Å². The molecular formula is C13H14N2O2. The van der Waals surface area contributed by atoms with Gasteiger partial charge in [-0.3, -0.25) is 4.79 Å². The molecule has 0 unspecified atom stereocenters. The Bertz CT molecular complexity index is 544. The van der Waals surface area contributed by atoms with Crippen molar-refractivity contribution in [2.45, 2.75) is 6.92 Å². The van der Waals surface area contributed by atoms with Crippen LogP contribution in [0.5, 0.6) is 0 Å². The Morgan fingerprint density at radius 1 is 1.35 bits per heavy atom. The van der Waals surface area contributed by atoms with Crippen molar-refractivity contribution in [3.63, 3.8) is 0 Å². The van der Waals surface area contributed by atoms with Gasteiger partial charge in [0, 0.05) is 19.7 Å². The molecule has 0 aliphatic rings. The quantitative estimate of drug-likeness (QED) is 0.795. The van der Waals surface area contributed by atoms with Crippen LogP contribution in [0.25, 0.3) is 11.5 Å². The summed E-state index contributed by atoms with van der Waals surface area (Å²) in [5, 5.41) is 0. The molecule has 1 heterocycles. The lowest BCUT2D eigenvalue weighted by molar-refractivity contribution is 0.0822. The monoisotopic (exact) mass is 230 g/mol. The average molecular weight is 230 g/mol. The van der Waals surface area contributed by atoms with Crippen LogP contribution in [0.2, 0.25) is 0 Å². The van der Waals surface area contributed by atoms with Crippen LogP contribution in [0.1, 0.15) is 16.1 Å². The van der Waals surface area contributed by atoms with Crippen molar-refractivity contribution in [3.05, 3.63) is 41.8 Å². The molecule has 4 heteroatoms. The van der Waals surface area contributed by atoms with E-state index < -0.39 is 0 Å². The van der Waals surface area contributed by atoms with Crippen molar-refractivity contribution in [3.8, 4) is 11.5 Å². The molecule has 1 amide bonds. The third-order valence-corrected chi connectivity index (χ3v) is 2.39. The highest BCUT2D eigenvalue weighted by Crippen LogP contribution is 2.19. The zero-order valence-corrected chi connectivity index (χ0v) is 10.1. The van der Waals surface area contributed by atoms with E-state index in [9.17, 15) is 4.79 Å². The normalized spacial score (nSPS) is 10.3. The van der Waals surface area contributed by atoms with E-state index in [1.807, 2.05) is 31.2 Å². The van der Waals surface area contributed by atoms with E-state index in [-0.39, 0.29) is 5.91 Å². The van der Waals surface area contributed by atoms with E-state index in [1.54, 1.807) is 14.1 Å². The Morgan fingerprint density at radius 3 is 2.76 bits per heavy atom. The third kappa shape index (κ3) is 2.36. The topological polar surface area (TPSA) is 46.3 Å². The van der Waals surface area contributed by atoms with Crippen LogP contribution in [0.15, 0.2) is 34.9 Å². The van der Waals surface area contributed by atoms with Crippen molar-refractivity contribution in [1.29, 1.82) is 0 Å². The number of aryl methyl sites for hydroxylation is 1. The van der Waals surface area contributed by atoms with Gasteiger partial charge in [0.15, 0.2) is 5.69 Å². The molecule has 2 aromatic rings. The predicted octanol–water partition coefficient (Wildman–Crippen LogP) is 2.35. The number of rotatable bonds is 2. The SMILES string of the molecule is Cc1cccc(-c2nc(C(=O)N(C)C)co2)c1. The van der Waals surface area contributed by atoms with Crippen LogP contribution in [-0.2, 0) is 0 Å². The van der Waals surface area contributed by atoms with Gasteiger partial charge in [-0.15, -0.1) is 0 Å². The van der Waals surface area contributed by atoms with Gasteiger partial charge in [0.2, 0.25) is 5.89 Å². The van der Waals surface area contributed by atoms with Gasteiger partial charge in [-0.05, 0) is 19.1 Å². The molecule has 0 bridgehead atoms. The molecule has 0 N–H and O–H groups in total. The number of amides is 1. The molecule has 0 atom stereocenters. The minimum atomic E-state index is -0.160. The van der Waals surface area contributed by atoms with Gasteiger partial charge < -0.3 is 9.32 Å². The van der Waals surface area contributed by atoms with Gasteiger partial charge in [0.1, 0.15) is 6.26 Å². The van der Waals surface area contributed by atoms with Gasteiger partial charge in [-0.1, -0.05) is 17.7 Å². The summed E-state index contributed by atoms with van der Waals surface area (Å²) in [5.74, 6) is 0.312. The third-order valence-electron chi connectivity index (χ3n) is 2.39. The number of carbonyl (C=O) groups excluding carboxylic acids is 1. The van der Waals surface area contributed by atoms with E-state index >= 15 is 0 Å². The molecule has 1 aromatic carbocycles. The highest BCUT2D eigenvalue weighted by molar-refractivity contribution is 5.92. The summed E-state index contributed by atoms with van der Waals surface area (Å²) < 4.78 is 5.32. The molecular weight excluding hydrogens is 216 g/mol. The molecule has 0 aliphatic heterocycles. The summed E-state index contributed by atoms with van der Waals surface area (Å²) in [6.45, 7) is 2.00. The Morgan fingerprint density at radius 2 is 2.12 bits per heavy atom. The molecule has 0 radical (unpaired) electrons. The standard InChI is InChI=1S/C13H14N2O2/c1-9-5-4-6-10(7-9)12-14-11(8-17-12)13(16)15(2)3/h4-8H,1-3H3. The lowest BCUT2D eigenvalue weighted by atomic mass is 10.1. The number of hydrogen-bond acceptors (Lipinski definition) is 3. The van der Waals surface area contributed by atoms with E-state index in [0.29, 0.717) is 11.6 Å². The van der Waals surface area contributed by atoms with Gasteiger partial charge in [0.05, 0.1) is 0 Å². The number of nitrogens with zero attached hydrogens (tertiary/aromatic N) is 2. The number of carbonyl (C=O) groups is 1. The van der Waals surface area contributed by atoms with Crippen LogP contribution >= 0.6 is 0 Å². The van der Waals surface area contributed by atoms with Gasteiger partial charge in [-0.25, -0.2) is 4.98 Å². The molecule has 17 heavy (non-hydrogen) atoms.